The van der Waals surface area contributed by atoms with Gasteiger partial charge in [-0.05, 0) is 18.9 Å². The van der Waals surface area contributed by atoms with E-state index in [0.717, 1.165) is 18.5 Å². The Bertz CT molecular complexity index is 392. The third kappa shape index (κ3) is 2.33. The maximum absolute atomic E-state index is 11.7. The lowest BCUT2D eigenvalue weighted by Crippen LogP contribution is -2.52. The molecule has 1 aromatic carbocycles. The lowest BCUT2D eigenvalue weighted by Gasteiger charge is -2.32. The molecule has 0 aliphatic carbocycles. The minimum Gasteiger partial charge on any atom is -0.319 e. The summed E-state index contributed by atoms with van der Waals surface area (Å²) in [7, 11) is 0. The molecule has 1 fully saturated rings. The standard InChI is InChI=1S/C12H17N3O/c1-10-4-2-5-11(8-10)9-14-6-3-7-15(13)12(14)16/h2,4-5,8H,3,6-7,9,13H2,1H3. The number of carbonyl (C=O) groups is 1. The largest absolute Gasteiger partial charge is 0.334 e. The van der Waals surface area contributed by atoms with Gasteiger partial charge in [-0.1, -0.05) is 29.8 Å². The maximum Gasteiger partial charge on any atom is 0.334 e. The van der Waals surface area contributed by atoms with Crippen molar-refractivity contribution in [1.82, 2.24) is 9.91 Å². The molecule has 1 aliphatic rings. The summed E-state index contributed by atoms with van der Waals surface area (Å²) in [6.07, 6.45) is 0.939. The average Bonchev–Trinajstić information content (AvgIpc) is 2.25. The molecule has 0 aromatic heterocycles. The molecule has 1 aromatic rings. The zero-order valence-electron chi connectivity index (χ0n) is 9.52. The monoisotopic (exact) mass is 219 g/mol. The summed E-state index contributed by atoms with van der Waals surface area (Å²) in [6, 6.07) is 8.13. The number of hydrogen-bond acceptors (Lipinski definition) is 2. The molecule has 0 radical (unpaired) electrons. The van der Waals surface area contributed by atoms with E-state index in [9.17, 15) is 4.79 Å². The fourth-order valence-corrected chi connectivity index (χ4v) is 1.98. The van der Waals surface area contributed by atoms with Gasteiger partial charge in [0.2, 0.25) is 0 Å². The molecular formula is C12H17N3O. The highest BCUT2D eigenvalue weighted by Crippen LogP contribution is 2.12. The van der Waals surface area contributed by atoms with Crippen LogP contribution in [-0.2, 0) is 6.54 Å². The van der Waals surface area contributed by atoms with E-state index in [1.807, 2.05) is 12.1 Å². The van der Waals surface area contributed by atoms with E-state index in [-0.39, 0.29) is 6.03 Å². The molecule has 0 unspecified atom stereocenters. The van der Waals surface area contributed by atoms with Gasteiger partial charge < -0.3 is 4.90 Å². The molecular weight excluding hydrogens is 202 g/mol. The molecule has 2 amide bonds. The Balaban J connectivity index is 2.06. The molecule has 0 saturated carbocycles. The zero-order chi connectivity index (χ0) is 11.5. The minimum atomic E-state index is -0.0762. The molecule has 4 nitrogen and oxygen atoms in total. The van der Waals surface area contributed by atoms with Crippen molar-refractivity contribution >= 4 is 6.03 Å². The van der Waals surface area contributed by atoms with Crippen molar-refractivity contribution in [3.8, 4) is 0 Å². The van der Waals surface area contributed by atoms with E-state index < -0.39 is 0 Å². The zero-order valence-corrected chi connectivity index (χ0v) is 9.52. The Kier molecular flexibility index (Phi) is 3.10. The highest BCUT2D eigenvalue weighted by molar-refractivity contribution is 5.74. The molecule has 16 heavy (non-hydrogen) atoms. The molecule has 0 spiro atoms. The topological polar surface area (TPSA) is 49.6 Å². The summed E-state index contributed by atoms with van der Waals surface area (Å²) >= 11 is 0. The summed E-state index contributed by atoms with van der Waals surface area (Å²) in [6.45, 7) is 4.15. The molecule has 1 aliphatic heterocycles. The van der Waals surface area contributed by atoms with Crippen LogP contribution in [0.4, 0.5) is 4.79 Å². The minimum absolute atomic E-state index is 0.0762. The van der Waals surface area contributed by atoms with Gasteiger partial charge in [-0.25, -0.2) is 10.6 Å². The molecule has 1 heterocycles. The first kappa shape index (κ1) is 11.0. The quantitative estimate of drug-likeness (QED) is 0.605. The summed E-state index contributed by atoms with van der Waals surface area (Å²) < 4.78 is 0. The Morgan fingerprint density at radius 3 is 2.94 bits per heavy atom. The van der Waals surface area contributed by atoms with Crippen LogP contribution < -0.4 is 5.84 Å². The van der Waals surface area contributed by atoms with Gasteiger partial charge in [-0.15, -0.1) is 0 Å². The number of nitrogens with two attached hydrogens (primary N) is 1. The van der Waals surface area contributed by atoms with Crippen molar-refractivity contribution in [2.75, 3.05) is 13.1 Å². The van der Waals surface area contributed by atoms with Crippen LogP contribution in [0.25, 0.3) is 0 Å². The molecule has 2 N–H and O–H groups in total. The van der Waals surface area contributed by atoms with Gasteiger partial charge in [0.15, 0.2) is 0 Å². The molecule has 0 bridgehead atoms. The van der Waals surface area contributed by atoms with E-state index >= 15 is 0 Å². The molecule has 2 rings (SSSR count). The maximum atomic E-state index is 11.7. The number of hydrogen-bond donors (Lipinski definition) is 1. The summed E-state index contributed by atoms with van der Waals surface area (Å²) in [5.41, 5.74) is 2.37. The van der Waals surface area contributed by atoms with E-state index in [1.54, 1.807) is 4.90 Å². The van der Waals surface area contributed by atoms with E-state index in [0.29, 0.717) is 13.1 Å². The smallest absolute Gasteiger partial charge is 0.319 e. The Labute approximate surface area is 95.6 Å². The van der Waals surface area contributed by atoms with Crippen LogP contribution in [0.3, 0.4) is 0 Å². The van der Waals surface area contributed by atoms with Crippen LogP contribution in [0.1, 0.15) is 17.5 Å². The fourth-order valence-electron chi connectivity index (χ4n) is 1.98. The predicted molar refractivity (Wildman–Crippen MR) is 62.5 cm³/mol. The molecule has 86 valence electrons. The second kappa shape index (κ2) is 4.53. The third-order valence-corrected chi connectivity index (χ3v) is 2.80. The van der Waals surface area contributed by atoms with E-state index in [2.05, 4.69) is 19.1 Å². The predicted octanol–water partition coefficient (Wildman–Crippen LogP) is 1.50. The van der Waals surface area contributed by atoms with Gasteiger partial charge in [0.25, 0.3) is 0 Å². The van der Waals surface area contributed by atoms with Gasteiger partial charge in [-0.3, -0.25) is 5.01 Å². The van der Waals surface area contributed by atoms with E-state index in [4.69, 9.17) is 5.84 Å². The van der Waals surface area contributed by atoms with Crippen LogP contribution >= 0.6 is 0 Å². The number of benzene rings is 1. The van der Waals surface area contributed by atoms with Gasteiger partial charge in [0.1, 0.15) is 0 Å². The summed E-state index contributed by atoms with van der Waals surface area (Å²) in [5, 5.41) is 1.29. The molecule has 0 atom stereocenters. The fraction of sp³-hybridized carbons (Fsp3) is 0.417. The number of hydrazine groups is 1. The first-order valence-electron chi connectivity index (χ1n) is 5.53. The lowest BCUT2D eigenvalue weighted by atomic mass is 10.1. The van der Waals surface area contributed by atoms with Crippen LogP contribution in [0.2, 0.25) is 0 Å². The number of aryl methyl sites for hydroxylation is 1. The van der Waals surface area contributed by atoms with Crippen molar-refractivity contribution in [3.63, 3.8) is 0 Å². The first-order chi connectivity index (χ1) is 7.66. The third-order valence-electron chi connectivity index (χ3n) is 2.80. The summed E-state index contributed by atoms with van der Waals surface area (Å²) in [5.74, 6) is 5.59. The normalized spacial score (nSPS) is 16.8. The average molecular weight is 219 g/mol. The van der Waals surface area contributed by atoms with Crippen LogP contribution in [-0.4, -0.2) is 29.0 Å². The van der Waals surface area contributed by atoms with Crippen molar-refractivity contribution in [2.45, 2.75) is 19.9 Å². The Morgan fingerprint density at radius 2 is 2.19 bits per heavy atom. The number of nitrogens with zero attached hydrogens (tertiary/aromatic N) is 2. The first-order valence-corrected chi connectivity index (χ1v) is 5.53. The van der Waals surface area contributed by atoms with Crippen molar-refractivity contribution in [1.29, 1.82) is 0 Å². The summed E-state index contributed by atoms with van der Waals surface area (Å²) in [4.78, 5) is 13.5. The highest BCUT2D eigenvalue weighted by atomic mass is 16.2. The number of carbonyl (C=O) groups excluding carboxylic acids is 1. The van der Waals surface area contributed by atoms with Crippen molar-refractivity contribution < 1.29 is 4.79 Å². The Morgan fingerprint density at radius 1 is 1.38 bits per heavy atom. The lowest BCUT2D eigenvalue weighted by molar-refractivity contribution is 0.127. The molecule has 4 heteroatoms. The van der Waals surface area contributed by atoms with Gasteiger partial charge >= 0.3 is 6.03 Å². The molecule has 1 saturated heterocycles. The second-order valence-corrected chi connectivity index (χ2v) is 4.24. The second-order valence-electron chi connectivity index (χ2n) is 4.24. The van der Waals surface area contributed by atoms with E-state index in [1.165, 1.54) is 10.6 Å². The highest BCUT2D eigenvalue weighted by Gasteiger charge is 2.22. The van der Waals surface area contributed by atoms with Crippen molar-refractivity contribution in [2.24, 2.45) is 5.84 Å². The SMILES string of the molecule is Cc1cccc(CN2CCCN(N)C2=O)c1. The number of amides is 2. The van der Waals surface area contributed by atoms with Crippen LogP contribution in [0.5, 0.6) is 0 Å². The van der Waals surface area contributed by atoms with Crippen LogP contribution in [0, 0.1) is 6.92 Å². The number of urea groups is 1. The number of rotatable bonds is 2. The van der Waals surface area contributed by atoms with Gasteiger partial charge in [0.05, 0.1) is 0 Å². The van der Waals surface area contributed by atoms with Gasteiger partial charge in [-0.2, -0.15) is 0 Å². The van der Waals surface area contributed by atoms with Crippen molar-refractivity contribution in [3.05, 3.63) is 35.4 Å². The Hall–Kier alpha value is -1.55. The van der Waals surface area contributed by atoms with Crippen LogP contribution in [0.15, 0.2) is 24.3 Å². The van der Waals surface area contributed by atoms with Gasteiger partial charge in [0, 0.05) is 19.6 Å².